The molecule has 1 amide bonds. The van der Waals surface area contributed by atoms with Gasteiger partial charge in [0.2, 0.25) is 5.91 Å². The third-order valence-corrected chi connectivity index (χ3v) is 5.93. The molecule has 1 aromatic heterocycles. The van der Waals surface area contributed by atoms with Gasteiger partial charge in [-0.1, -0.05) is 27.2 Å². The summed E-state index contributed by atoms with van der Waals surface area (Å²) in [5.74, 6) is -3.02. The zero-order chi connectivity index (χ0) is 20.7. The first-order valence-electron chi connectivity index (χ1n) is 10.2. The molecule has 0 unspecified atom stereocenters. The van der Waals surface area contributed by atoms with E-state index in [1.807, 2.05) is 13.8 Å². The van der Waals surface area contributed by atoms with Crippen molar-refractivity contribution in [1.82, 2.24) is 15.2 Å². The van der Waals surface area contributed by atoms with Crippen LogP contribution in [-0.4, -0.2) is 54.1 Å². The van der Waals surface area contributed by atoms with Gasteiger partial charge in [-0.2, -0.15) is 8.78 Å². The smallest absolute Gasteiger partial charge is 0.289 e. The molecule has 2 aliphatic rings. The number of carbonyl (C=O) groups excluding carboxylic acids is 1. The molecule has 2 atom stereocenters. The summed E-state index contributed by atoms with van der Waals surface area (Å²) in [7, 11) is 0. The summed E-state index contributed by atoms with van der Waals surface area (Å²) in [6.07, 6.45) is 1.67. The van der Waals surface area contributed by atoms with Crippen LogP contribution in [0.1, 0.15) is 58.7 Å². The Labute approximate surface area is 166 Å². The molecular weight excluding hydrogens is 362 g/mol. The van der Waals surface area contributed by atoms with Crippen molar-refractivity contribution in [1.29, 1.82) is 0 Å². The Kier molecular flexibility index (Phi) is 5.79. The van der Waals surface area contributed by atoms with Gasteiger partial charge >= 0.3 is 0 Å². The Morgan fingerprint density at radius 1 is 1.39 bits per heavy atom. The number of anilines is 1. The minimum atomic E-state index is -2.98. The molecule has 1 fully saturated rings. The lowest BCUT2D eigenvalue weighted by atomic mass is 9.88. The molecule has 1 aromatic rings. The molecule has 3 rings (SSSR count). The number of carbonyl (C=O) groups is 1. The van der Waals surface area contributed by atoms with Crippen LogP contribution < -0.4 is 10.2 Å². The van der Waals surface area contributed by atoms with E-state index in [-0.39, 0.29) is 29.5 Å². The fourth-order valence-corrected chi connectivity index (χ4v) is 4.20. The van der Waals surface area contributed by atoms with Crippen LogP contribution in [0, 0.1) is 0 Å². The second-order valence-corrected chi connectivity index (χ2v) is 8.99. The molecule has 3 heterocycles. The lowest BCUT2D eigenvalue weighted by molar-refractivity contribution is -0.120. The molecule has 1 saturated heterocycles. The van der Waals surface area contributed by atoms with Crippen LogP contribution in [0.3, 0.4) is 0 Å². The number of nitrogens with one attached hydrogen (secondary N) is 1. The molecule has 28 heavy (non-hydrogen) atoms. The number of pyridine rings is 1. The highest BCUT2D eigenvalue weighted by molar-refractivity contribution is 5.97. The first-order chi connectivity index (χ1) is 13.0. The summed E-state index contributed by atoms with van der Waals surface area (Å²) in [4.78, 5) is 21.1. The van der Waals surface area contributed by atoms with Gasteiger partial charge in [0.1, 0.15) is 5.69 Å². The van der Waals surface area contributed by atoms with E-state index in [1.54, 1.807) is 11.8 Å². The standard InChI is InChI=1S/C21H32F2N4O/c1-6-7-21(22,23)18-8-17-16(10-25-18)20(4,5)13-27(17)19(28)12-26-11-14(2)24-9-15(26)3/h8,10,14-15,24H,6-7,9,11-13H2,1-5H3/t14-,15+/m1/s1. The second kappa shape index (κ2) is 7.67. The van der Waals surface area contributed by atoms with E-state index in [4.69, 9.17) is 0 Å². The molecule has 5 nitrogen and oxygen atoms in total. The zero-order valence-electron chi connectivity index (χ0n) is 17.6. The number of aromatic nitrogens is 1. The lowest BCUT2D eigenvalue weighted by Crippen LogP contribution is -2.56. The summed E-state index contributed by atoms with van der Waals surface area (Å²) in [5, 5.41) is 3.41. The maximum absolute atomic E-state index is 14.4. The van der Waals surface area contributed by atoms with E-state index in [0.717, 1.165) is 18.7 Å². The molecule has 156 valence electrons. The van der Waals surface area contributed by atoms with E-state index < -0.39 is 5.92 Å². The van der Waals surface area contributed by atoms with Crippen molar-refractivity contribution < 1.29 is 13.6 Å². The van der Waals surface area contributed by atoms with Gasteiger partial charge in [-0.15, -0.1) is 0 Å². The Bertz CT molecular complexity index is 737. The van der Waals surface area contributed by atoms with Crippen LogP contribution >= 0.6 is 0 Å². The van der Waals surface area contributed by atoms with Gasteiger partial charge in [-0.05, 0) is 19.9 Å². The predicted molar refractivity (Wildman–Crippen MR) is 107 cm³/mol. The number of fused-ring (bicyclic) bond motifs is 1. The number of nitrogens with zero attached hydrogens (tertiary/aromatic N) is 3. The molecule has 0 aromatic carbocycles. The number of amides is 1. The predicted octanol–water partition coefficient (Wildman–Crippen LogP) is 3.28. The third-order valence-electron chi connectivity index (χ3n) is 5.93. The van der Waals surface area contributed by atoms with Gasteiger partial charge in [0.05, 0.1) is 12.2 Å². The number of hydrogen-bond donors (Lipinski definition) is 1. The number of rotatable bonds is 5. The molecule has 0 aliphatic carbocycles. The Morgan fingerprint density at radius 3 is 2.79 bits per heavy atom. The molecule has 0 radical (unpaired) electrons. The maximum Gasteiger partial charge on any atom is 0.289 e. The Hall–Kier alpha value is -1.60. The van der Waals surface area contributed by atoms with E-state index in [0.29, 0.717) is 31.2 Å². The molecule has 2 aliphatic heterocycles. The van der Waals surface area contributed by atoms with Crippen molar-refractivity contribution >= 4 is 11.6 Å². The molecular formula is C21H32F2N4O. The fourth-order valence-electron chi connectivity index (χ4n) is 4.20. The second-order valence-electron chi connectivity index (χ2n) is 8.99. The summed E-state index contributed by atoms with van der Waals surface area (Å²) in [5.41, 5.74) is 0.900. The van der Waals surface area contributed by atoms with Crippen molar-refractivity contribution in [3.8, 4) is 0 Å². The Morgan fingerprint density at radius 2 is 2.11 bits per heavy atom. The molecule has 0 spiro atoms. The SMILES string of the molecule is CCCC(F)(F)c1cc2c(cn1)C(C)(C)CN2C(=O)CN1C[C@@H](C)NC[C@@H]1C. The highest BCUT2D eigenvalue weighted by Gasteiger charge is 2.41. The van der Waals surface area contributed by atoms with Crippen molar-refractivity contribution in [2.24, 2.45) is 0 Å². The monoisotopic (exact) mass is 394 g/mol. The van der Waals surface area contributed by atoms with E-state index in [2.05, 4.69) is 29.0 Å². The average Bonchev–Trinajstić information content (AvgIpc) is 2.89. The Balaban J connectivity index is 1.87. The third kappa shape index (κ3) is 4.06. The number of hydrogen-bond acceptors (Lipinski definition) is 4. The van der Waals surface area contributed by atoms with Crippen LogP contribution in [0.2, 0.25) is 0 Å². The number of alkyl halides is 2. The van der Waals surface area contributed by atoms with Gasteiger partial charge in [0, 0.05) is 55.3 Å². The molecule has 7 heteroatoms. The number of halogens is 2. The van der Waals surface area contributed by atoms with Crippen LogP contribution in [-0.2, 0) is 16.1 Å². The maximum atomic E-state index is 14.4. The summed E-state index contributed by atoms with van der Waals surface area (Å²) in [6.45, 7) is 12.4. The highest BCUT2D eigenvalue weighted by Crippen LogP contribution is 2.43. The molecule has 0 bridgehead atoms. The van der Waals surface area contributed by atoms with Crippen molar-refractivity contribution in [2.75, 3.05) is 31.1 Å². The van der Waals surface area contributed by atoms with Crippen molar-refractivity contribution in [3.05, 3.63) is 23.5 Å². The topological polar surface area (TPSA) is 48.5 Å². The van der Waals surface area contributed by atoms with Crippen LogP contribution in [0.5, 0.6) is 0 Å². The molecule has 1 N–H and O–H groups in total. The quantitative estimate of drug-likeness (QED) is 0.833. The van der Waals surface area contributed by atoms with Crippen LogP contribution in [0.15, 0.2) is 12.3 Å². The van der Waals surface area contributed by atoms with Gasteiger partial charge in [-0.3, -0.25) is 14.7 Å². The first kappa shape index (κ1) is 21.1. The minimum Gasteiger partial charge on any atom is -0.311 e. The summed E-state index contributed by atoms with van der Waals surface area (Å²) >= 11 is 0. The van der Waals surface area contributed by atoms with Gasteiger partial charge in [-0.25, -0.2) is 0 Å². The zero-order valence-corrected chi connectivity index (χ0v) is 17.6. The molecule has 0 saturated carbocycles. The van der Waals surface area contributed by atoms with E-state index in [9.17, 15) is 13.6 Å². The highest BCUT2D eigenvalue weighted by atomic mass is 19.3. The fraction of sp³-hybridized carbons (Fsp3) is 0.714. The van der Waals surface area contributed by atoms with E-state index >= 15 is 0 Å². The van der Waals surface area contributed by atoms with Crippen LogP contribution in [0.25, 0.3) is 0 Å². The minimum absolute atomic E-state index is 0.0382. The van der Waals surface area contributed by atoms with E-state index in [1.165, 1.54) is 12.3 Å². The number of piperazine rings is 1. The van der Waals surface area contributed by atoms with Gasteiger partial charge in [0.15, 0.2) is 0 Å². The average molecular weight is 395 g/mol. The summed E-state index contributed by atoms with van der Waals surface area (Å²) < 4.78 is 28.9. The summed E-state index contributed by atoms with van der Waals surface area (Å²) in [6, 6.07) is 2.02. The van der Waals surface area contributed by atoms with Crippen LogP contribution in [0.4, 0.5) is 14.5 Å². The van der Waals surface area contributed by atoms with Crippen molar-refractivity contribution in [3.63, 3.8) is 0 Å². The van der Waals surface area contributed by atoms with Gasteiger partial charge in [0.25, 0.3) is 5.92 Å². The van der Waals surface area contributed by atoms with Gasteiger partial charge < -0.3 is 10.2 Å². The largest absolute Gasteiger partial charge is 0.311 e. The first-order valence-corrected chi connectivity index (χ1v) is 10.2. The normalized spacial score (nSPS) is 25.0. The lowest BCUT2D eigenvalue weighted by Gasteiger charge is -2.37. The van der Waals surface area contributed by atoms with Crippen molar-refractivity contribution in [2.45, 2.75) is 70.9 Å².